The molecule has 5 nitrogen and oxygen atoms in total. The molecule has 0 bridgehead atoms. The molecule has 2 aromatic carbocycles. The third kappa shape index (κ3) is 4.41. The zero-order chi connectivity index (χ0) is 17.5. The maximum atomic E-state index is 11.4. The minimum Gasteiger partial charge on any atom is -0.497 e. The number of carbonyl (C=O) groups excluding carboxylic acids is 1. The molecule has 1 N–H and O–H groups in total. The predicted octanol–water partition coefficient (Wildman–Crippen LogP) is 3.46. The molecule has 0 radical (unpaired) electrons. The Morgan fingerprint density at radius 1 is 0.917 bits per heavy atom. The summed E-state index contributed by atoms with van der Waals surface area (Å²) in [6, 6.07) is 11.5. The third-order valence-corrected chi connectivity index (χ3v) is 3.75. The van der Waals surface area contributed by atoms with Crippen molar-refractivity contribution in [3.05, 3.63) is 47.5 Å². The Bertz CT molecular complexity index is 713. The van der Waals surface area contributed by atoms with Crippen LogP contribution < -0.4 is 19.5 Å². The van der Waals surface area contributed by atoms with Gasteiger partial charge in [-0.15, -0.1) is 0 Å². The SMILES string of the molecule is COc1ccc(NC(C)=O)c(CCc2ccc(OC)c(OC)c2)c1. The van der Waals surface area contributed by atoms with E-state index in [0.717, 1.165) is 35.4 Å². The second-order valence-corrected chi connectivity index (χ2v) is 5.39. The fourth-order valence-electron chi connectivity index (χ4n) is 2.53. The van der Waals surface area contributed by atoms with E-state index in [9.17, 15) is 4.79 Å². The van der Waals surface area contributed by atoms with Crippen molar-refractivity contribution in [3.63, 3.8) is 0 Å². The molecule has 128 valence electrons. The van der Waals surface area contributed by atoms with E-state index in [1.165, 1.54) is 6.92 Å². The van der Waals surface area contributed by atoms with Crippen LogP contribution in [0.1, 0.15) is 18.1 Å². The Balaban J connectivity index is 2.19. The van der Waals surface area contributed by atoms with E-state index in [0.29, 0.717) is 11.5 Å². The first kappa shape index (κ1) is 17.7. The van der Waals surface area contributed by atoms with E-state index in [1.54, 1.807) is 21.3 Å². The lowest BCUT2D eigenvalue weighted by Crippen LogP contribution is -2.09. The molecule has 0 atom stereocenters. The molecule has 2 aromatic rings. The third-order valence-electron chi connectivity index (χ3n) is 3.75. The molecule has 0 saturated carbocycles. The highest BCUT2D eigenvalue weighted by atomic mass is 16.5. The summed E-state index contributed by atoms with van der Waals surface area (Å²) in [5.74, 6) is 2.10. The highest BCUT2D eigenvalue weighted by Gasteiger charge is 2.09. The zero-order valence-corrected chi connectivity index (χ0v) is 14.5. The molecule has 0 saturated heterocycles. The number of hydrogen-bond donors (Lipinski definition) is 1. The standard InChI is InChI=1S/C19H23NO4/c1-13(21)20-17-9-8-16(22-2)12-15(17)7-5-14-6-10-18(23-3)19(11-14)24-4/h6,8-12H,5,7H2,1-4H3,(H,20,21). The van der Waals surface area contributed by atoms with Gasteiger partial charge in [-0.25, -0.2) is 0 Å². The minimum absolute atomic E-state index is 0.0902. The van der Waals surface area contributed by atoms with Gasteiger partial charge < -0.3 is 19.5 Å². The van der Waals surface area contributed by atoms with Gasteiger partial charge in [0.1, 0.15) is 5.75 Å². The lowest BCUT2D eigenvalue weighted by atomic mass is 10.0. The molecule has 1 amide bonds. The normalized spacial score (nSPS) is 10.2. The van der Waals surface area contributed by atoms with Crippen molar-refractivity contribution in [2.45, 2.75) is 19.8 Å². The van der Waals surface area contributed by atoms with Crippen LogP contribution in [0.15, 0.2) is 36.4 Å². The van der Waals surface area contributed by atoms with Crippen LogP contribution in [0.2, 0.25) is 0 Å². The van der Waals surface area contributed by atoms with Crippen molar-refractivity contribution in [2.75, 3.05) is 26.6 Å². The Kier molecular flexibility index (Phi) is 6.07. The molecule has 2 rings (SSSR count). The molecule has 24 heavy (non-hydrogen) atoms. The molecular weight excluding hydrogens is 306 g/mol. The Morgan fingerprint density at radius 3 is 2.29 bits per heavy atom. The maximum absolute atomic E-state index is 11.4. The smallest absolute Gasteiger partial charge is 0.221 e. The topological polar surface area (TPSA) is 56.8 Å². The summed E-state index contributed by atoms with van der Waals surface area (Å²) in [5, 5.41) is 2.86. The van der Waals surface area contributed by atoms with Crippen LogP contribution >= 0.6 is 0 Å². The summed E-state index contributed by atoms with van der Waals surface area (Å²) in [4.78, 5) is 11.4. The molecule has 0 spiro atoms. The number of amides is 1. The highest BCUT2D eigenvalue weighted by molar-refractivity contribution is 5.89. The zero-order valence-electron chi connectivity index (χ0n) is 14.5. The van der Waals surface area contributed by atoms with E-state index in [-0.39, 0.29) is 5.91 Å². The van der Waals surface area contributed by atoms with Crippen LogP contribution in [0.3, 0.4) is 0 Å². The van der Waals surface area contributed by atoms with Crippen molar-refractivity contribution in [1.82, 2.24) is 0 Å². The maximum Gasteiger partial charge on any atom is 0.221 e. The fraction of sp³-hybridized carbons (Fsp3) is 0.316. The van der Waals surface area contributed by atoms with Crippen molar-refractivity contribution in [1.29, 1.82) is 0 Å². The number of carbonyl (C=O) groups is 1. The van der Waals surface area contributed by atoms with Crippen LogP contribution in [0.5, 0.6) is 17.2 Å². The fourth-order valence-corrected chi connectivity index (χ4v) is 2.53. The number of anilines is 1. The van der Waals surface area contributed by atoms with E-state index in [2.05, 4.69) is 5.32 Å². The average Bonchev–Trinajstić information content (AvgIpc) is 2.60. The predicted molar refractivity (Wildman–Crippen MR) is 94.3 cm³/mol. The number of benzene rings is 2. The van der Waals surface area contributed by atoms with Crippen LogP contribution in [-0.4, -0.2) is 27.2 Å². The van der Waals surface area contributed by atoms with Gasteiger partial charge in [-0.1, -0.05) is 6.07 Å². The second kappa shape index (κ2) is 8.24. The van der Waals surface area contributed by atoms with Gasteiger partial charge in [0.2, 0.25) is 5.91 Å². The van der Waals surface area contributed by atoms with Crippen LogP contribution in [0.25, 0.3) is 0 Å². The van der Waals surface area contributed by atoms with Gasteiger partial charge in [0, 0.05) is 12.6 Å². The quantitative estimate of drug-likeness (QED) is 0.845. The lowest BCUT2D eigenvalue weighted by Gasteiger charge is -2.13. The monoisotopic (exact) mass is 329 g/mol. The lowest BCUT2D eigenvalue weighted by molar-refractivity contribution is -0.114. The van der Waals surface area contributed by atoms with E-state index in [4.69, 9.17) is 14.2 Å². The summed E-state index contributed by atoms with van der Waals surface area (Å²) in [6.45, 7) is 1.50. The Morgan fingerprint density at radius 2 is 1.67 bits per heavy atom. The van der Waals surface area contributed by atoms with Crippen molar-refractivity contribution in [3.8, 4) is 17.2 Å². The minimum atomic E-state index is -0.0902. The van der Waals surface area contributed by atoms with Crippen LogP contribution in [-0.2, 0) is 17.6 Å². The molecule has 0 aliphatic carbocycles. The van der Waals surface area contributed by atoms with E-state index < -0.39 is 0 Å². The van der Waals surface area contributed by atoms with E-state index in [1.807, 2.05) is 36.4 Å². The summed E-state index contributed by atoms with van der Waals surface area (Å²) in [6.07, 6.45) is 1.57. The first-order chi connectivity index (χ1) is 11.6. The Hall–Kier alpha value is -2.69. The van der Waals surface area contributed by atoms with Crippen molar-refractivity contribution in [2.24, 2.45) is 0 Å². The summed E-state index contributed by atoms with van der Waals surface area (Å²) in [5.41, 5.74) is 2.97. The van der Waals surface area contributed by atoms with Gasteiger partial charge in [-0.2, -0.15) is 0 Å². The van der Waals surface area contributed by atoms with Crippen LogP contribution in [0.4, 0.5) is 5.69 Å². The largest absolute Gasteiger partial charge is 0.497 e. The first-order valence-electron chi connectivity index (χ1n) is 7.72. The first-order valence-corrected chi connectivity index (χ1v) is 7.72. The number of ether oxygens (including phenoxy) is 3. The van der Waals surface area contributed by atoms with Crippen molar-refractivity contribution < 1.29 is 19.0 Å². The number of hydrogen-bond acceptors (Lipinski definition) is 4. The Labute approximate surface area is 142 Å². The van der Waals surface area contributed by atoms with E-state index >= 15 is 0 Å². The molecule has 0 heterocycles. The number of rotatable bonds is 7. The molecule has 0 aliphatic rings. The molecular formula is C19H23NO4. The van der Waals surface area contributed by atoms with Gasteiger partial charge in [0.15, 0.2) is 11.5 Å². The van der Waals surface area contributed by atoms with Crippen molar-refractivity contribution >= 4 is 11.6 Å². The average molecular weight is 329 g/mol. The molecule has 0 unspecified atom stereocenters. The van der Waals surface area contributed by atoms with Gasteiger partial charge >= 0.3 is 0 Å². The van der Waals surface area contributed by atoms with Gasteiger partial charge in [0.05, 0.1) is 21.3 Å². The number of methoxy groups -OCH3 is 3. The summed E-state index contributed by atoms with van der Waals surface area (Å²) < 4.78 is 15.9. The molecule has 0 aromatic heterocycles. The molecule has 0 fully saturated rings. The van der Waals surface area contributed by atoms with Gasteiger partial charge in [-0.05, 0) is 54.3 Å². The number of nitrogens with one attached hydrogen (secondary N) is 1. The second-order valence-electron chi connectivity index (χ2n) is 5.39. The highest BCUT2D eigenvalue weighted by Crippen LogP contribution is 2.29. The van der Waals surface area contributed by atoms with Gasteiger partial charge in [0.25, 0.3) is 0 Å². The summed E-state index contributed by atoms with van der Waals surface area (Å²) in [7, 11) is 4.87. The van der Waals surface area contributed by atoms with Gasteiger partial charge in [-0.3, -0.25) is 4.79 Å². The molecule has 0 aliphatic heterocycles. The molecule has 5 heteroatoms. The summed E-state index contributed by atoms with van der Waals surface area (Å²) >= 11 is 0. The number of aryl methyl sites for hydroxylation is 2. The van der Waals surface area contributed by atoms with Crippen LogP contribution in [0, 0.1) is 0 Å².